The van der Waals surface area contributed by atoms with Crippen LogP contribution in [-0.4, -0.2) is 30.5 Å². The van der Waals surface area contributed by atoms with Crippen molar-refractivity contribution >= 4 is 34.4 Å². The average Bonchev–Trinajstić information content (AvgIpc) is 3.42. The maximum Gasteiger partial charge on any atom is 0.257 e. The van der Waals surface area contributed by atoms with Gasteiger partial charge in [0.1, 0.15) is 5.82 Å². The second kappa shape index (κ2) is 7.25. The van der Waals surface area contributed by atoms with Crippen molar-refractivity contribution in [2.24, 2.45) is 7.05 Å². The van der Waals surface area contributed by atoms with Crippen molar-refractivity contribution in [1.82, 2.24) is 24.5 Å². The Hall–Kier alpha value is -3.19. The molecule has 1 amide bonds. The molecule has 1 fully saturated rings. The van der Waals surface area contributed by atoms with Crippen molar-refractivity contribution in [3.63, 3.8) is 0 Å². The first-order valence-corrected chi connectivity index (χ1v) is 10.3. The summed E-state index contributed by atoms with van der Waals surface area (Å²) in [5.74, 6) is 0.872. The lowest BCUT2D eigenvalue weighted by Crippen LogP contribution is -2.17. The number of pyridine rings is 1. The van der Waals surface area contributed by atoms with Crippen molar-refractivity contribution in [2.75, 3.05) is 5.32 Å². The molecule has 3 aromatic heterocycles. The van der Waals surface area contributed by atoms with Gasteiger partial charge in [-0.25, -0.2) is 9.67 Å². The fraction of sp³-hybridized carbons (Fsp3) is 0.273. The van der Waals surface area contributed by atoms with Gasteiger partial charge in [0.25, 0.3) is 5.91 Å². The van der Waals surface area contributed by atoms with E-state index in [-0.39, 0.29) is 5.91 Å². The summed E-state index contributed by atoms with van der Waals surface area (Å²) in [5.41, 5.74) is 4.10. The number of aryl methyl sites for hydroxylation is 2. The van der Waals surface area contributed by atoms with Gasteiger partial charge >= 0.3 is 0 Å². The van der Waals surface area contributed by atoms with Crippen molar-refractivity contribution in [3.05, 3.63) is 70.1 Å². The second-order valence-corrected chi connectivity index (χ2v) is 8.17. The number of amides is 1. The third-order valence-corrected chi connectivity index (χ3v) is 5.64. The highest BCUT2D eigenvalue weighted by atomic mass is 35.5. The molecule has 152 valence electrons. The molecule has 3 heterocycles. The molecule has 0 saturated heterocycles. The maximum atomic E-state index is 13.3. The highest BCUT2D eigenvalue weighted by molar-refractivity contribution is 6.30. The Kier molecular flexibility index (Phi) is 4.55. The third-order valence-electron chi connectivity index (χ3n) is 5.41. The molecule has 1 aliphatic carbocycles. The van der Waals surface area contributed by atoms with Gasteiger partial charge < -0.3 is 5.32 Å². The summed E-state index contributed by atoms with van der Waals surface area (Å²) in [6.07, 6.45) is 3.90. The second-order valence-electron chi connectivity index (χ2n) is 7.73. The summed E-state index contributed by atoms with van der Waals surface area (Å²) < 4.78 is 3.50. The molecule has 1 saturated carbocycles. The molecule has 0 bridgehead atoms. The summed E-state index contributed by atoms with van der Waals surface area (Å²) >= 11 is 6.09. The van der Waals surface area contributed by atoms with Gasteiger partial charge in [-0.15, -0.1) is 0 Å². The SMILES string of the molecule is Cc1nn(C)c2nc(C3CC3)cc(C(=O)Nc3ccnn3Cc3cccc(Cl)c3)c12. The minimum absolute atomic E-state index is 0.187. The number of carbonyl (C=O) groups is 1. The number of nitrogens with zero attached hydrogens (tertiary/aromatic N) is 5. The Morgan fingerprint density at radius 2 is 2.10 bits per heavy atom. The number of hydrogen-bond donors (Lipinski definition) is 1. The third kappa shape index (κ3) is 3.45. The van der Waals surface area contributed by atoms with Crippen LogP contribution in [0.25, 0.3) is 11.0 Å². The molecule has 1 aromatic carbocycles. The van der Waals surface area contributed by atoms with Crippen LogP contribution in [-0.2, 0) is 13.6 Å². The molecule has 8 heteroatoms. The van der Waals surface area contributed by atoms with Crippen molar-refractivity contribution in [2.45, 2.75) is 32.2 Å². The van der Waals surface area contributed by atoms with Gasteiger partial charge in [0.15, 0.2) is 5.65 Å². The molecule has 30 heavy (non-hydrogen) atoms. The Bertz CT molecular complexity index is 1270. The topological polar surface area (TPSA) is 77.6 Å². The van der Waals surface area contributed by atoms with E-state index in [1.54, 1.807) is 21.6 Å². The van der Waals surface area contributed by atoms with E-state index >= 15 is 0 Å². The van der Waals surface area contributed by atoms with Crippen LogP contribution in [0.1, 0.15) is 46.1 Å². The lowest BCUT2D eigenvalue weighted by atomic mass is 10.1. The van der Waals surface area contributed by atoms with Crippen LogP contribution in [0.5, 0.6) is 0 Å². The fourth-order valence-corrected chi connectivity index (χ4v) is 4.00. The van der Waals surface area contributed by atoms with Gasteiger partial charge in [0, 0.05) is 29.7 Å². The number of benzene rings is 1. The first-order chi connectivity index (χ1) is 14.5. The number of nitrogens with one attached hydrogen (secondary N) is 1. The van der Waals surface area contributed by atoms with Gasteiger partial charge in [-0.3, -0.25) is 9.48 Å². The van der Waals surface area contributed by atoms with Crippen molar-refractivity contribution < 1.29 is 4.79 Å². The van der Waals surface area contributed by atoms with Gasteiger partial charge in [-0.1, -0.05) is 23.7 Å². The zero-order chi connectivity index (χ0) is 20.8. The lowest BCUT2D eigenvalue weighted by molar-refractivity contribution is 0.102. The van der Waals surface area contributed by atoms with Crippen molar-refractivity contribution in [3.8, 4) is 0 Å². The Labute approximate surface area is 178 Å². The predicted molar refractivity (Wildman–Crippen MR) is 116 cm³/mol. The monoisotopic (exact) mass is 420 g/mol. The molecular formula is C22H21ClN6O. The number of aromatic nitrogens is 5. The number of hydrogen-bond acceptors (Lipinski definition) is 4. The minimum atomic E-state index is -0.187. The van der Waals surface area contributed by atoms with Gasteiger partial charge in [0.2, 0.25) is 0 Å². The van der Waals surface area contributed by atoms with Gasteiger partial charge in [-0.2, -0.15) is 10.2 Å². The molecule has 7 nitrogen and oxygen atoms in total. The molecule has 5 rings (SSSR count). The van der Waals surface area contributed by atoms with E-state index in [4.69, 9.17) is 16.6 Å². The van der Waals surface area contributed by atoms with E-state index in [0.29, 0.717) is 28.9 Å². The minimum Gasteiger partial charge on any atom is -0.307 e. The number of anilines is 1. The number of halogens is 1. The summed E-state index contributed by atoms with van der Waals surface area (Å²) in [6, 6.07) is 11.3. The molecule has 1 aliphatic rings. The zero-order valence-corrected chi connectivity index (χ0v) is 17.5. The summed E-state index contributed by atoms with van der Waals surface area (Å²) in [6.45, 7) is 2.41. The highest BCUT2D eigenvalue weighted by Crippen LogP contribution is 2.40. The molecule has 0 spiro atoms. The van der Waals surface area contributed by atoms with Crippen LogP contribution in [0.4, 0.5) is 5.82 Å². The zero-order valence-electron chi connectivity index (χ0n) is 16.8. The van der Waals surface area contributed by atoms with Crippen LogP contribution in [0, 0.1) is 6.92 Å². The van der Waals surface area contributed by atoms with Crippen LogP contribution >= 0.6 is 11.6 Å². The molecule has 0 atom stereocenters. The van der Waals surface area contributed by atoms with Crippen molar-refractivity contribution in [1.29, 1.82) is 0 Å². The van der Waals surface area contributed by atoms with E-state index in [2.05, 4.69) is 15.5 Å². The summed E-state index contributed by atoms with van der Waals surface area (Å²) in [4.78, 5) is 18.1. The maximum absolute atomic E-state index is 13.3. The first kappa shape index (κ1) is 18.8. The smallest absolute Gasteiger partial charge is 0.257 e. The normalized spacial score (nSPS) is 13.7. The van der Waals surface area contributed by atoms with Crippen LogP contribution < -0.4 is 5.32 Å². The van der Waals surface area contributed by atoms with E-state index < -0.39 is 0 Å². The Morgan fingerprint density at radius 1 is 1.27 bits per heavy atom. The molecule has 0 unspecified atom stereocenters. The Balaban J connectivity index is 1.48. The molecule has 1 N–H and O–H groups in total. The fourth-order valence-electron chi connectivity index (χ4n) is 3.79. The number of rotatable bonds is 5. The van der Waals surface area contributed by atoms with Crippen LogP contribution in [0.3, 0.4) is 0 Å². The quantitative estimate of drug-likeness (QED) is 0.522. The summed E-state index contributed by atoms with van der Waals surface area (Å²) in [7, 11) is 1.86. The van der Waals surface area contributed by atoms with Crippen LogP contribution in [0.2, 0.25) is 5.02 Å². The standard InChI is InChI=1S/C22H21ClN6O/c1-13-20-17(11-18(15-6-7-15)25-21(20)28(2)27-13)22(30)26-19-8-9-24-29(19)12-14-4-3-5-16(23)10-14/h3-5,8-11,15H,6-7,12H2,1-2H3,(H,26,30). The predicted octanol–water partition coefficient (Wildman–Crippen LogP) is 4.30. The van der Waals surface area contributed by atoms with Crippen LogP contribution in [0.15, 0.2) is 42.6 Å². The molecule has 4 aromatic rings. The van der Waals surface area contributed by atoms with E-state index in [1.165, 1.54) is 0 Å². The lowest BCUT2D eigenvalue weighted by Gasteiger charge is -2.11. The first-order valence-electron chi connectivity index (χ1n) is 9.91. The van der Waals surface area contributed by atoms with E-state index in [9.17, 15) is 4.79 Å². The average molecular weight is 421 g/mol. The number of carbonyl (C=O) groups excluding carboxylic acids is 1. The molecule has 0 aliphatic heterocycles. The van der Waals surface area contributed by atoms with E-state index in [1.807, 2.05) is 44.3 Å². The van der Waals surface area contributed by atoms with E-state index in [0.717, 1.165) is 40.8 Å². The molecular weight excluding hydrogens is 400 g/mol. The van der Waals surface area contributed by atoms with Gasteiger partial charge in [-0.05, 0) is 43.5 Å². The molecule has 0 radical (unpaired) electrons. The number of fused-ring (bicyclic) bond motifs is 1. The van der Waals surface area contributed by atoms with Gasteiger partial charge in [0.05, 0.1) is 29.4 Å². The Morgan fingerprint density at radius 3 is 2.87 bits per heavy atom. The largest absolute Gasteiger partial charge is 0.307 e. The summed E-state index contributed by atoms with van der Waals surface area (Å²) in [5, 5.41) is 13.3. The highest BCUT2D eigenvalue weighted by Gasteiger charge is 2.28.